The molecule has 7 nitrogen and oxygen atoms in total. The van der Waals surface area contributed by atoms with Gasteiger partial charge in [-0.1, -0.05) is 26.7 Å². The zero-order valence-corrected chi connectivity index (χ0v) is 18.6. The van der Waals surface area contributed by atoms with E-state index in [4.69, 9.17) is 32.9 Å². The Bertz CT molecular complexity index is 934. The summed E-state index contributed by atoms with van der Waals surface area (Å²) in [4.78, 5) is 8.27. The van der Waals surface area contributed by atoms with Crippen molar-refractivity contribution in [2.45, 2.75) is 63.3 Å². The Kier molecular flexibility index (Phi) is 5.28. The van der Waals surface area contributed by atoms with Gasteiger partial charge in [-0.05, 0) is 35.8 Å². The highest BCUT2D eigenvalue weighted by molar-refractivity contribution is 6.74. The van der Waals surface area contributed by atoms with E-state index in [1.807, 2.05) is 16.8 Å². The highest BCUT2D eigenvalue weighted by atomic mass is 35.5. The lowest BCUT2D eigenvalue weighted by Crippen LogP contribution is -2.51. The molecule has 1 aliphatic rings. The average Bonchev–Trinajstić information content (AvgIpc) is 3.15. The highest BCUT2D eigenvalue weighted by Gasteiger charge is 2.52. The molecule has 1 saturated heterocycles. The number of nitrogens with zero attached hydrogens (tertiary/aromatic N) is 3. The van der Waals surface area contributed by atoms with E-state index in [2.05, 4.69) is 49.8 Å². The number of fused-ring (bicyclic) bond motifs is 1. The van der Waals surface area contributed by atoms with Crippen molar-refractivity contribution in [1.82, 2.24) is 14.5 Å². The summed E-state index contributed by atoms with van der Waals surface area (Å²) >= 11 is 5.99. The SMILES string of the molecule is C#C[C@]1(CO)O[C@@H](n2ccc3c(N)nc(Cl)nc32)C[C@@H]1O[Si](C)(C)C(C)(C)C. The fourth-order valence-corrected chi connectivity index (χ4v) is 4.68. The van der Waals surface area contributed by atoms with Gasteiger partial charge in [-0.25, -0.2) is 4.98 Å². The van der Waals surface area contributed by atoms with Crippen molar-refractivity contribution in [3.63, 3.8) is 0 Å². The summed E-state index contributed by atoms with van der Waals surface area (Å²) in [6.07, 6.45) is 7.17. The second-order valence-electron chi connectivity index (χ2n) is 8.71. The van der Waals surface area contributed by atoms with Crippen molar-refractivity contribution in [3.05, 3.63) is 17.5 Å². The summed E-state index contributed by atoms with van der Waals surface area (Å²) in [5.74, 6) is 2.94. The number of ether oxygens (including phenoxy) is 1. The maximum absolute atomic E-state index is 10.1. The molecule has 0 radical (unpaired) electrons. The summed E-state index contributed by atoms with van der Waals surface area (Å²) < 4.78 is 14.6. The van der Waals surface area contributed by atoms with Crippen molar-refractivity contribution < 1.29 is 14.3 Å². The minimum Gasteiger partial charge on any atom is -0.410 e. The predicted molar refractivity (Wildman–Crippen MR) is 112 cm³/mol. The van der Waals surface area contributed by atoms with E-state index in [0.29, 0.717) is 23.3 Å². The van der Waals surface area contributed by atoms with Crippen LogP contribution in [0.15, 0.2) is 12.3 Å². The van der Waals surface area contributed by atoms with Crippen LogP contribution in [0.4, 0.5) is 5.82 Å². The van der Waals surface area contributed by atoms with Gasteiger partial charge in [-0.2, -0.15) is 4.98 Å². The van der Waals surface area contributed by atoms with Gasteiger partial charge in [0.2, 0.25) is 5.28 Å². The van der Waals surface area contributed by atoms with Gasteiger partial charge in [0.15, 0.2) is 13.9 Å². The number of halogens is 1. The van der Waals surface area contributed by atoms with Crippen LogP contribution in [0.2, 0.25) is 23.4 Å². The Balaban J connectivity index is 1.99. The first-order valence-corrected chi connectivity index (χ1v) is 12.5. The molecule has 0 saturated carbocycles. The zero-order chi connectivity index (χ0) is 20.9. The van der Waals surface area contributed by atoms with Crippen LogP contribution in [0.25, 0.3) is 11.0 Å². The molecule has 0 aliphatic carbocycles. The first-order chi connectivity index (χ1) is 12.9. The van der Waals surface area contributed by atoms with Crippen LogP contribution in [0, 0.1) is 12.3 Å². The van der Waals surface area contributed by atoms with E-state index >= 15 is 0 Å². The monoisotopic (exact) mass is 422 g/mol. The van der Waals surface area contributed by atoms with Crippen molar-refractivity contribution >= 4 is 36.8 Å². The minimum absolute atomic E-state index is 0.00374. The van der Waals surface area contributed by atoms with Gasteiger partial charge in [0.25, 0.3) is 0 Å². The molecule has 0 aromatic carbocycles. The van der Waals surface area contributed by atoms with Crippen LogP contribution in [0.3, 0.4) is 0 Å². The smallest absolute Gasteiger partial charge is 0.226 e. The summed E-state index contributed by atoms with van der Waals surface area (Å²) in [5, 5.41) is 10.8. The molecule has 0 spiro atoms. The number of aliphatic hydroxyl groups is 1. The highest BCUT2D eigenvalue weighted by Crippen LogP contribution is 2.45. The number of anilines is 1. The quantitative estimate of drug-likeness (QED) is 0.445. The largest absolute Gasteiger partial charge is 0.410 e. The molecule has 3 rings (SSSR count). The van der Waals surface area contributed by atoms with Crippen LogP contribution < -0.4 is 5.73 Å². The summed E-state index contributed by atoms with van der Waals surface area (Å²) in [7, 11) is -2.14. The van der Waals surface area contributed by atoms with E-state index in [1.54, 1.807) is 0 Å². The number of aliphatic hydroxyl groups excluding tert-OH is 1. The summed E-state index contributed by atoms with van der Waals surface area (Å²) in [6, 6.07) is 1.81. The van der Waals surface area contributed by atoms with E-state index in [9.17, 15) is 5.11 Å². The number of hydrogen-bond acceptors (Lipinski definition) is 6. The molecule has 0 amide bonds. The summed E-state index contributed by atoms with van der Waals surface area (Å²) in [5.41, 5.74) is 5.28. The second kappa shape index (κ2) is 7.01. The molecular weight excluding hydrogens is 396 g/mol. The lowest BCUT2D eigenvalue weighted by molar-refractivity contribution is -0.0865. The average molecular weight is 423 g/mol. The third-order valence-corrected chi connectivity index (χ3v) is 10.5. The third kappa shape index (κ3) is 3.42. The fraction of sp³-hybridized carbons (Fsp3) is 0.579. The van der Waals surface area contributed by atoms with Gasteiger partial charge in [-0.15, -0.1) is 6.42 Å². The molecule has 0 bridgehead atoms. The number of nitrogens with two attached hydrogens (primary N) is 1. The molecule has 0 unspecified atom stereocenters. The van der Waals surface area contributed by atoms with Gasteiger partial charge < -0.3 is 24.6 Å². The Morgan fingerprint density at radius 2 is 2.18 bits per heavy atom. The molecule has 3 N–H and O–H groups in total. The first-order valence-electron chi connectivity index (χ1n) is 9.18. The normalized spacial score (nSPS) is 25.9. The Morgan fingerprint density at radius 1 is 1.50 bits per heavy atom. The number of rotatable bonds is 4. The number of hydrogen-bond donors (Lipinski definition) is 2. The van der Waals surface area contributed by atoms with E-state index in [0.717, 1.165) is 0 Å². The van der Waals surface area contributed by atoms with E-state index < -0.39 is 26.3 Å². The maximum Gasteiger partial charge on any atom is 0.226 e. The van der Waals surface area contributed by atoms with Crippen molar-refractivity contribution in [3.8, 4) is 12.3 Å². The molecule has 28 heavy (non-hydrogen) atoms. The van der Waals surface area contributed by atoms with Gasteiger partial charge in [0.1, 0.15) is 17.7 Å². The molecule has 2 aromatic heterocycles. The molecular formula is C19H27ClN4O3Si. The van der Waals surface area contributed by atoms with Crippen molar-refractivity contribution in [1.29, 1.82) is 0 Å². The van der Waals surface area contributed by atoms with Gasteiger partial charge >= 0.3 is 0 Å². The summed E-state index contributed by atoms with van der Waals surface area (Å²) in [6.45, 7) is 10.4. The Labute approximate surface area is 171 Å². The topological polar surface area (TPSA) is 95.4 Å². The first kappa shape index (κ1) is 21.1. The van der Waals surface area contributed by atoms with Crippen LogP contribution >= 0.6 is 11.6 Å². The van der Waals surface area contributed by atoms with Crippen molar-refractivity contribution in [2.24, 2.45) is 0 Å². The number of aromatic nitrogens is 3. The third-order valence-electron chi connectivity index (χ3n) is 5.89. The molecule has 1 aliphatic heterocycles. The van der Waals surface area contributed by atoms with Gasteiger partial charge in [0.05, 0.1) is 18.1 Å². The minimum atomic E-state index is -2.14. The standard InChI is InChI=1S/C19H27ClN4O3Si/c1-7-19(11-25)13(27-28(5,6)18(2,3)4)10-14(26-19)24-9-8-12-15(21)22-17(20)23-16(12)24/h1,8-9,13-14,25H,10-11H2,2-6H3,(H2,21,22,23)/t13-,14+,19+/m0/s1. The van der Waals surface area contributed by atoms with E-state index in [-0.39, 0.29) is 16.9 Å². The Hall–Kier alpha value is -1.63. The molecule has 3 heterocycles. The van der Waals surface area contributed by atoms with Gasteiger partial charge in [0, 0.05) is 12.6 Å². The van der Waals surface area contributed by atoms with Crippen LogP contribution in [0.5, 0.6) is 0 Å². The van der Waals surface area contributed by atoms with Crippen LogP contribution in [-0.2, 0) is 9.16 Å². The fourth-order valence-electron chi connectivity index (χ4n) is 3.16. The van der Waals surface area contributed by atoms with Crippen LogP contribution in [0.1, 0.15) is 33.4 Å². The maximum atomic E-state index is 10.1. The molecule has 1 fully saturated rings. The van der Waals surface area contributed by atoms with E-state index in [1.165, 1.54) is 0 Å². The Morgan fingerprint density at radius 3 is 2.75 bits per heavy atom. The number of nitrogen functional groups attached to an aromatic ring is 1. The molecule has 3 atom stereocenters. The molecule has 2 aromatic rings. The lowest BCUT2D eigenvalue weighted by Gasteiger charge is -2.41. The number of terminal acetylenes is 1. The lowest BCUT2D eigenvalue weighted by atomic mass is 9.99. The molecule has 9 heteroatoms. The van der Waals surface area contributed by atoms with Gasteiger partial charge in [-0.3, -0.25) is 0 Å². The van der Waals surface area contributed by atoms with Crippen molar-refractivity contribution in [2.75, 3.05) is 12.3 Å². The second-order valence-corrected chi connectivity index (χ2v) is 13.8. The zero-order valence-electron chi connectivity index (χ0n) is 16.9. The molecule has 152 valence electrons. The predicted octanol–water partition coefficient (Wildman–Crippen LogP) is 3.34. The van der Waals surface area contributed by atoms with Crippen LogP contribution in [-0.4, -0.2) is 46.3 Å².